The van der Waals surface area contributed by atoms with Gasteiger partial charge in [-0.25, -0.2) is 0 Å². The summed E-state index contributed by atoms with van der Waals surface area (Å²) in [6, 6.07) is 0. The quantitative estimate of drug-likeness (QED) is 0.700. The van der Waals surface area contributed by atoms with Crippen molar-refractivity contribution in [2.75, 3.05) is 0 Å². The van der Waals surface area contributed by atoms with Crippen molar-refractivity contribution in [3.05, 3.63) is 10.8 Å². The maximum Gasteiger partial charge on any atom is 0.249 e. The Hall–Kier alpha value is -0.700. The predicted molar refractivity (Wildman–Crippen MR) is 62.7 cm³/mol. The highest BCUT2D eigenvalue weighted by Gasteiger charge is 2.36. The third-order valence-corrected chi connectivity index (χ3v) is 3.43. The van der Waals surface area contributed by atoms with E-state index in [0.29, 0.717) is 0 Å². The first-order valence-electron chi connectivity index (χ1n) is 5.68. The topological polar surface area (TPSA) is 18.5 Å². The van der Waals surface area contributed by atoms with Crippen LogP contribution < -0.4 is 9.47 Å². The van der Waals surface area contributed by atoms with Gasteiger partial charge >= 0.3 is 0 Å². The summed E-state index contributed by atoms with van der Waals surface area (Å²) < 4.78 is 11.6. The van der Waals surface area contributed by atoms with E-state index < -0.39 is 5.79 Å². The van der Waals surface area contributed by atoms with Crippen LogP contribution in [0, 0.1) is 0 Å². The van der Waals surface area contributed by atoms with Crippen LogP contribution in [0.25, 0.3) is 0 Å². The Morgan fingerprint density at radius 1 is 1.13 bits per heavy atom. The minimum atomic E-state index is -0.410. The maximum absolute atomic E-state index is 5.80. The number of hydrogen-bond acceptors (Lipinski definition) is 3. The lowest BCUT2D eigenvalue weighted by atomic mass is 10.1. The fraction of sp³-hybridized carbons (Fsp3) is 0.667. The van der Waals surface area contributed by atoms with Crippen molar-refractivity contribution in [3.8, 4) is 11.5 Å². The lowest BCUT2D eigenvalue weighted by Gasteiger charge is -2.23. The fourth-order valence-electron chi connectivity index (χ4n) is 1.88. The molecule has 1 aromatic rings. The lowest BCUT2D eigenvalue weighted by Crippen LogP contribution is -2.34. The van der Waals surface area contributed by atoms with E-state index >= 15 is 0 Å². The van der Waals surface area contributed by atoms with Gasteiger partial charge in [0.25, 0.3) is 0 Å². The molecule has 2 heterocycles. The molecule has 1 aliphatic rings. The van der Waals surface area contributed by atoms with Crippen LogP contribution in [0.15, 0.2) is 10.8 Å². The second-order valence-corrected chi connectivity index (χ2v) is 4.99. The molecular formula is C12H18O2S. The summed E-state index contributed by atoms with van der Waals surface area (Å²) in [6.07, 6.45) is 6.00. The van der Waals surface area contributed by atoms with Gasteiger partial charge < -0.3 is 9.47 Å². The first-order valence-corrected chi connectivity index (χ1v) is 6.62. The first-order chi connectivity index (χ1) is 7.23. The van der Waals surface area contributed by atoms with Crippen molar-refractivity contribution in [1.82, 2.24) is 0 Å². The van der Waals surface area contributed by atoms with E-state index in [9.17, 15) is 0 Å². The Morgan fingerprint density at radius 2 is 1.80 bits per heavy atom. The van der Waals surface area contributed by atoms with Crippen LogP contribution in [0.1, 0.15) is 46.0 Å². The molecule has 84 valence electrons. The molecular weight excluding hydrogens is 208 g/mol. The molecule has 0 radical (unpaired) electrons. The SMILES string of the molecule is CCCCCCC1(C)Oc2cscc2O1. The van der Waals surface area contributed by atoms with E-state index in [1.165, 1.54) is 25.7 Å². The highest BCUT2D eigenvalue weighted by atomic mass is 32.1. The van der Waals surface area contributed by atoms with Crippen molar-refractivity contribution in [3.63, 3.8) is 0 Å². The summed E-state index contributed by atoms with van der Waals surface area (Å²) in [5, 5.41) is 4.01. The Morgan fingerprint density at radius 3 is 2.40 bits per heavy atom. The van der Waals surface area contributed by atoms with E-state index in [1.807, 2.05) is 17.7 Å². The molecule has 15 heavy (non-hydrogen) atoms. The zero-order valence-corrected chi connectivity index (χ0v) is 10.2. The first kappa shape index (κ1) is 10.8. The third-order valence-electron chi connectivity index (χ3n) is 2.73. The molecule has 0 fully saturated rings. The second-order valence-electron chi connectivity index (χ2n) is 4.25. The van der Waals surface area contributed by atoms with E-state index in [1.54, 1.807) is 11.3 Å². The van der Waals surface area contributed by atoms with Gasteiger partial charge in [0, 0.05) is 24.1 Å². The molecule has 0 aliphatic carbocycles. The summed E-state index contributed by atoms with van der Waals surface area (Å²) >= 11 is 1.62. The molecule has 2 rings (SSSR count). The van der Waals surface area contributed by atoms with E-state index in [-0.39, 0.29) is 0 Å². The van der Waals surface area contributed by atoms with E-state index in [0.717, 1.165) is 17.9 Å². The summed E-state index contributed by atoms with van der Waals surface area (Å²) in [7, 11) is 0. The van der Waals surface area contributed by atoms with Crippen LogP contribution in [0.3, 0.4) is 0 Å². The molecule has 3 heteroatoms. The van der Waals surface area contributed by atoms with Gasteiger partial charge in [-0.3, -0.25) is 0 Å². The zero-order chi connectivity index (χ0) is 10.7. The predicted octanol–water partition coefficient (Wildman–Crippen LogP) is 4.21. The summed E-state index contributed by atoms with van der Waals surface area (Å²) in [6.45, 7) is 4.26. The minimum Gasteiger partial charge on any atom is -0.448 e. The van der Waals surface area contributed by atoms with Crippen molar-refractivity contribution < 1.29 is 9.47 Å². The molecule has 0 bridgehead atoms. The molecule has 0 atom stereocenters. The van der Waals surface area contributed by atoms with Crippen LogP contribution in [0.4, 0.5) is 0 Å². The second kappa shape index (κ2) is 4.44. The molecule has 2 nitrogen and oxygen atoms in total. The van der Waals surface area contributed by atoms with Crippen LogP contribution in [-0.4, -0.2) is 5.79 Å². The lowest BCUT2D eigenvalue weighted by molar-refractivity contribution is -0.0697. The minimum absolute atomic E-state index is 0.410. The number of thiophene rings is 1. The Bertz CT molecular complexity index is 299. The van der Waals surface area contributed by atoms with Crippen LogP contribution in [0.5, 0.6) is 11.5 Å². The molecule has 0 unspecified atom stereocenters. The standard InChI is InChI=1S/C12H18O2S/c1-3-4-5-6-7-12(2)13-10-8-15-9-11(10)14-12/h8-9H,3-7H2,1-2H3. The molecule has 0 saturated carbocycles. The number of hydrogen-bond donors (Lipinski definition) is 0. The normalized spacial score (nSPS) is 16.9. The van der Waals surface area contributed by atoms with Crippen LogP contribution in [0.2, 0.25) is 0 Å². The molecule has 0 aromatic carbocycles. The van der Waals surface area contributed by atoms with E-state index in [2.05, 4.69) is 6.92 Å². The van der Waals surface area contributed by atoms with Gasteiger partial charge in [-0.2, -0.15) is 0 Å². The smallest absolute Gasteiger partial charge is 0.249 e. The Balaban J connectivity index is 1.81. The van der Waals surface area contributed by atoms with Gasteiger partial charge in [0.2, 0.25) is 5.79 Å². The van der Waals surface area contributed by atoms with Crippen molar-refractivity contribution in [2.45, 2.75) is 51.7 Å². The third kappa shape index (κ3) is 2.46. The summed E-state index contributed by atoms with van der Waals surface area (Å²) in [5.74, 6) is 1.42. The average Bonchev–Trinajstić information content (AvgIpc) is 2.71. The van der Waals surface area contributed by atoms with Gasteiger partial charge in [0.05, 0.1) is 0 Å². The highest BCUT2D eigenvalue weighted by Crippen LogP contribution is 2.43. The Kier molecular flexibility index (Phi) is 3.19. The fourth-order valence-corrected chi connectivity index (χ4v) is 2.53. The van der Waals surface area contributed by atoms with Crippen molar-refractivity contribution in [1.29, 1.82) is 0 Å². The van der Waals surface area contributed by atoms with Crippen molar-refractivity contribution >= 4 is 11.3 Å². The molecule has 0 spiro atoms. The molecule has 1 aromatic heterocycles. The average molecular weight is 226 g/mol. The number of fused-ring (bicyclic) bond motifs is 1. The largest absolute Gasteiger partial charge is 0.448 e. The van der Waals surface area contributed by atoms with Gasteiger partial charge in [0.1, 0.15) is 0 Å². The number of ether oxygens (including phenoxy) is 2. The van der Waals surface area contributed by atoms with Crippen molar-refractivity contribution in [2.24, 2.45) is 0 Å². The summed E-state index contributed by atoms with van der Waals surface area (Å²) in [5.41, 5.74) is 0. The van der Waals surface area contributed by atoms with E-state index in [4.69, 9.17) is 9.47 Å². The van der Waals surface area contributed by atoms with Gasteiger partial charge in [-0.1, -0.05) is 26.2 Å². The maximum atomic E-state index is 5.80. The molecule has 1 aliphatic heterocycles. The zero-order valence-electron chi connectivity index (χ0n) is 9.41. The van der Waals surface area contributed by atoms with Crippen LogP contribution >= 0.6 is 11.3 Å². The Labute approximate surface area is 95.2 Å². The number of rotatable bonds is 5. The summed E-state index contributed by atoms with van der Waals surface area (Å²) in [4.78, 5) is 0. The monoisotopic (exact) mass is 226 g/mol. The van der Waals surface area contributed by atoms with Gasteiger partial charge in [0.15, 0.2) is 11.5 Å². The van der Waals surface area contributed by atoms with Crippen LogP contribution in [-0.2, 0) is 0 Å². The molecule has 0 N–H and O–H groups in total. The van der Waals surface area contributed by atoms with Gasteiger partial charge in [-0.05, 0) is 6.42 Å². The highest BCUT2D eigenvalue weighted by molar-refractivity contribution is 7.08. The molecule has 0 saturated heterocycles. The number of unbranched alkanes of at least 4 members (excludes halogenated alkanes) is 3. The van der Waals surface area contributed by atoms with Gasteiger partial charge in [-0.15, -0.1) is 11.3 Å². The molecule has 0 amide bonds.